The molecule has 0 saturated heterocycles. The third-order valence-corrected chi connectivity index (χ3v) is 3.68. The van der Waals surface area contributed by atoms with Crippen molar-refractivity contribution in [2.75, 3.05) is 6.54 Å². The quantitative estimate of drug-likeness (QED) is 0.775. The van der Waals surface area contributed by atoms with Crippen molar-refractivity contribution in [2.45, 2.75) is 25.9 Å². The molecule has 0 spiro atoms. The Balaban J connectivity index is 1.90. The molecule has 3 rings (SSSR count). The zero-order valence-electron chi connectivity index (χ0n) is 12.1. The maximum Gasteiger partial charge on any atom is 0.271 e. The first-order valence-corrected chi connectivity index (χ1v) is 7.32. The Morgan fingerprint density at radius 3 is 2.76 bits per heavy atom. The lowest BCUT2D eigenvalue weighted by atomic mass is 10.1. The second-order valence-corrected chi connectivity index (χ2v) is 5.20. The van der Waals surface area contributed by atoms with Gasteiger partial charge in [-0.1, -0.05) is 37.0 Å². The molecule has 1 atom stereocenters. The summed E-state index contributed by atoms with van der Waals surface area (Å²) < 4.78 is 2.00. The van der Waals surface area contributed by atoms with Gasteiger partial charge in [-0.15, -0.1) is 0 Å². The molecule has 1 aromatic carbocycles. The molecule has 0 N–H and O–H groups in total. The van der Waals surface area contributed by atoms with Gasteiger partial charge in [0.2, 0.25) is 0 Å². The van der Waals surface area contributed by atoms with E-state index in [-0.39, 0.29) is 11.9 Å². The minimum Gasteiger partial charge on any atom is -0.340 e. The van der Waals surface area contributed by atoms with Gasteiger partial charge >= 0.3 is 0 Å². The molecular formula is C18H18N2O. The third kappa shape index (κ3) is 2.71. The number of fused-ring (bicyclic) bond motifs is 1. The van der Waals surface area contributed by atoms with Gasteiger partial charge in [-0.25, -0.2) is 0 Å². The Morgan fingerprint density at radius 2 is 2.00 bits per heavy atom. The number of carbonyl (C=O) groups excluding carboxylic acids is 1. The number of aromatic nitrogens is 1. The second-order valence-electron chi connectivity index (χ2n) is 5.20. The largest absolute Gasteiger partial charge is 0.340 e. The molecule has 0 saturated carbocycles. The molecule has 0 fully saturated rings. The van der Waals surface area contributed by atoms with Crippen molar-refractivity contribution in [3.8, 4) is 11.8 Å². The number of benzene rings is 1. The standard InChI is InChI=1S/C18H18N2O/c1-2-12-20-16(11-10-15-7-4-3-5-8-15)14-19-13-6-9-17(19)18(20)21/h3-9,13,16H,2,12,14H2,1H3. The molecule has 1 amide bonds. The van der Waals surface area contributed by atoms with Crippen LogP contribution < -0.4 is 0 Å². The number of nitrogens with zero attached hydrogens (tertiary/aromatic N) is 2. The van der Waals surface area contributed by atoms with E-state index in [0.29, 0.717) is 0 Å². The molecule has 106 valence electrons. The fourth-order valence-corrected chi connectivity index (χ4v) is 2.65. The van der Waals surface area contributed by atoms with Crippen LogP contribution in [0, 0.1) is 11.8 Å². The van der Waals surface area contributed by atoms with Crippen molar-refractivity contribution < 1.29 is 4.79 Å². The van der Waals surface area contributed by atoms with Gasteiger partial charge in [0.05, 0.1) is 6.54 Å². The summed E-state index contributed by atoms with van der Waals surface area (Å²) in [5, 5.41) is 0. The van der Waals surface area contributed by atoms with Gasteiger partial charge in [0, 0.05) is 18.3 Å². The van der Waals surface area contributed by atoms with Crippen molar-refractivity contribution in [3.05, 3.63) is 59.9 Å². The minimum absolute atomic E-state index is 0.0578. The number of rotatable bonds is 2. The smallest absolute Gasteiger partial charge is 0.271 e. The topological polar surface area (TPSA) is 25.2 Å². The van der Waals surface area contributed by atoms with E-state index in [9.17, 15) is 4.79 Å². The average Bonchev–Trinajstić information content (AvgIpc) is 2.98. The monoisotopic (exact) mass is 278 g/mol. The van der Waals surface area contributed by atoms with Crippen LogP contribution in [0.3, 0.4) is 0 Å². The number of amides is 1. The van der Waals surface area contributed by atoms with Crippen LogP contribution in [0.25, 0.3) is 0 Å². The Hall–Kier alpha value is -2.47. The lowest BCUT2D eigenvalue weighted by Gasteiger charge is -2.33. The summed E-state index contributed by atoms with van der Waals surface area (Å²) in [5.74, 6) is 6.54. The summed E-state index contributed by atoms with van der Waals surface area (Å²) in [5.41, 5.74) is 1.75. The first-order chi connectivity index (χ1) is 10.3. The lowest BCUT2D eigenvalue weighted by Crippen LogP contribution is -2.47. The Labute approximate surface area is 125 Å². The molecule has 21 heavy (non-hydrogen) atoms. The first kappa shape index (κ1) is 13.5. The maximum absolute atomic E-state index is 12.5. The van der Waals surface area contributed by atoms with Crippen LogP contribution in [-0.4, -0.2) is 28.0 Å². The highest BCUT2D eigenvalue weighted by Gasteiger charge is 2.30. The molecule has 3 nitrogen and oxygen atoms in total. The van der Waals surface area contributed by atoms with E-state index >= 15 is 0 Å². The van der Waals surface area contributed by atoms with Crippen LogP contribution in [0.4, 0.5) is 0 Å². The van der Waals surface area contributed by atoms with E-state index in [1.807, 2.05) is 58.1 Å². The van der Waals surface area contributed by atoms with Gasteiger partial charge in [0.15, 0.2) is 0 Å². The van der Waals surface area contributed by atoms with Crippen molar-refractivity contribution in [2.24, 2.45) is 0 Å². The predicted octanol–water partition coefficient (Wildman–Crippen LogP) is 2.77. The molecule has 0 radical (unpaired) electrons. The Morgan fingerprint density at radius 1 is 1.19 bits per heavy atom. The zero-order valence-corrected chi connectivity index (χ0v) is 12.1. The molecular weight excluding hydrogens is 260 g/mol. The van der Waals surface area contributed by atoms with Gasteiger partial charge < -0.3 is 9.47 Å². The van der Waals surface area contributed by atoms with E-state index < -0.39 is 0 Å². The molecule has 0 bridgehead atoms. The number of carbonyl (C=O) groups is 1. The van der Waals surface area contributed by atoms with Gasteiger partial charge in [0.25, 0.3) is 5.91 Å². The highest BCUT2D eigenvalue weighted by molar-refractivity contribution is 5.94. The molecule has 2 heterocycles. The van der Waals surface area contributed by atoms with E-state index in [1.54, 1.807) is 0 Å². The summed E-state index contributed by atoms with van der Waals surface area (Å²) in [4.78, 5) is 14.4. The Bertz CT molecular complexity index is 691. The van der Waals surface area contributed by atoms with Gasteiger partial charge in [-0.2, -0.15) is 0 Å². The SMILES string of the molecule is CCCN1C(=O)c2cccn2CC1C#Cc1ccccc1. The molecule has 2 aromatic rings. The van der Waals surface area contributed by atoms with Gasteiger partial charge in [-0.3, -0.25) is 4.79 Å². The summed E-state index contributed by atoms with van der Waals surface area (Å²) in [7, 11) is 0. The fraction of sp³-hybridized carbons (Fsp3) is 0.278. The summed E-state index contributed by atoms with van der Waals surface area (Å²) in [6, 6.07) is 13.7. The second kappa shape index (κ2) is 5.88. The molecule has 1 aliphatic rings. The molecule has 1 aliphatic heterocycles. The van der Waals surface area contributed by atoms with E-state index in [1.165, 1.54) is 0 Å². The van der Waals surface area contributed by atoms with Crippen molar-refractivity contribution in [3.63, 3.8) is 0 Å². The minimum atomic E-state index is -0.0578. The number of hydrogen-bond donors (Lipinski definition) is 0. The lowest BCUT2D eigenvalue weighted by molar-refractivity contribution is 0.0652. The van der Waals surface area contributed by atoms with Crippen LogP contribution in [0.5, 0.6) is 0 Å². The highest BCUT2D eigenvalue weighted by atomic mass is 16.2. The maximum atomic E-state index is 12.5. The Kier molecular flexibility index (Phi) is 3.79. The van der Waals surface area contributed by atoms with Crippen molar-refractivity contribution >= 4 is 5.91 Å². The molecule has 0 aliphatic carbocycles. The van der Waals surface area contributed by atoms with E-state index in [4.69, 9.17) is 0 Å². The van der Waals surface area contributed by atoms with Crippen LogP contribution in [0.15, 0.2) is 48.7 Å². The summed E-state index contributed by atoms with van der Waals surface area (Å²) in [6.45, 7) is 3.58. The molecule has 3 heteroatoms. The van der Waals surface area contributed by atoms with Gasteiger partial charge in [-0.05, 0) is 30.7 Å². The fourth-order valence-electron chi connectivity index (χ4n) is 2.65. The summed E-state index contributed by atoms with van der Waals surface area (Å²) >= 11 is 0. The average molecular weight is 278 g/mol. The third-order valence-electron chi connectivity index (χ3n) is 3.68. The van der Waals surface area contributed by atoms with Crippen LogP contribution >= 0.6 is 0 Å². The van der Waals surface area contributed by atoms with E-state index in [2.05, 4.69) is 18.8 Å². The predicted molar refractivity (Wildman–Crippen MR) is 82.9 cm³/mol. The summed E-state index contributed by atoms with van der Waals surface area (Å²) in [6.07, 6.45) is 2.89. The molecule has 1 unspecified atom stereocenters. The molecule has 1 aromatic heterocycles. The van der Waals surface area contributed by atoms with Crippen LogP contribution in [0.2, 0.25) is 0 Å². The van der Waals surface area contributed by atoms with Crippen LogP contribution in [0.1, 0.15) is 29.4 Å². The normalized spacial score (nSPS) is 17.1. The van der Waals surface area contributed by atoms with Crippen molar-refractivity contribution in [1.82, 2.24) is 9.47 Å². The zero-order chi connectivity index (χ0) is 14.7. The first-order valence-electron chi connectivity index (χ1n) is 7.32. The van der Waals surface area contributed by atoms with Crippen molar-refractivity contribution in [1.29, 1.82) is 0 Å². The highest BCUT2D eigenvalue weighted by Crippen LogP contribution is 2.18. The van der Waals surface area contributed by atoms with E-state index in [0.717, 1.165) is 30.8 Å². The van der Waals surface area contributed by atoms with Gasteiger partial charge in [0.1, 0.15) is 11.7 Å². The number of hydrogen-bond acceptors (Lipinski definition) is 1. The van der Waals surface area contributed by atoms with Crippen LogP contribution in [-0.2, 0) is 6.54 Å².